The summed E-state index contributed by atoms with van der Waals surface area (Å²) in [6, 6.07) is 8.03. The van der Waals surface area contributed by atoms with E-state index in [9.17, 15) is 4.39 Å². The van der Waals surface area contributed by atoms with Crippen LogP contribution in [0.3, 0.4) is 0 Å². The molecule has 0 radical (unpaired) electrons. The van der Waals surface area contributed by atoms with E-state index in [-0.39, 0.29) is 11.5 Å². The molecule has 8 nitrogen and oxygen atoms in total. The van der Waals surface area contributed by atoms with Crippen molar-refractivity contribution in [3.63, 3.8) is 0 Å². The third kappa shape index (κ3) is 3.34. The molecule has 10 heteroatoms. The van der Waals surface area contributed by atoms with Crippen LogP contribution in [0.2, 0.25) is 5.15 Å². The van der Waals surface area contributed by atoms with Gasteiger partial charge in [0.1, 0.15) is 10.8 Å². The lowest BCUT2D eigenvalue weighted by Gasteiger charge is -2.15. The van der Waals surface area contributed by atoms with Crippen LogP contribution in [0.25, 0.3) is 11.5 Å². The highest BCUT2D eigenvalue weighted by molar-refractivity contribution is 6.29. The number of hydrogen-bond acceptors (Lipinski definition) is 8. The van der Waals surface area contributed by atoms with E-state index in [4.69, 9.17) is 16.3 Å². The average Bonchev–Trinajstić information content (AvgIpc) is 3.21. The van der Waals surface area contributed by atoms with Crippen LogP contribution in [0, 0.1) is 11.9 Å². The molecule has 0 aromatic carbocycles. The minimum absolute atomic E-state index is 0.116. The summed E-state index contributed by atoms with van der Waals surface area (Å²) < 4.78 is 18.6. The van der Waals surface area contributed by atoms with Gasteiger partial charge in [0.15, 0.2) is 5.82 Å². The molecule has 2 N–H and O–H groups in total. The molecule has 28 heavy (non-hydrogen) atoms. The van der Waals surface area contributed by atoms with Crippen molar-refractivity contribution in [1.82, 2.24) is 24.9 Å². The van der Waals surface area contributed by atoms with Crippen molar-refractivity contribution in [3.05, 3.63) is 47.6 Å². The first-order chi connectivity index (χ1) is 13.6. The zero-order valence-corrected chi connectivity index (χ0v) is 15.3. The highest BCUT2D eigenvalue weighted by atomic mass is 35.5. The number of nitrogens with zero attached hydrogens (tertiary/aromatic N) is 5. The van der Waals surface area contributed by atoms with E-state index in [1.165, 1.54) is 12.3 Å². The second kappa shape index (κ2) is 6.61. The van der Waals surface area contributed by atoms with E-state index in [2.05, 4.69) is 35.6 Å². The Balaban J connectivity index is 1.50. The highest BCUT2D eigenvalue weighted by Gasteiger charge is 2.59. The molecule has 0 amide bonds. The molecule has 2 atom stereocenters. The first-order valence-electron chi connectivity index (χ1n) is 8.73. The number of nitrogens with one attached hydrogen (secondary N) is 2. The van der Waals surface area contributed by atoms with Crippen molar-refractivity contribution < 1.29 is 9.13 Å². The number of halogens is 2. The lowest BCUT2D eigenvalue weighted by atomic mass is 10.2. The molecular weight excluding hydrogens is 385 g/mol. The first-order valence-corrected chi connectivity index (χ1v) is 9.11. The molecule has 0 spiro atoms. The molecule has 2 fully saturated rings. The second-order valence-electron chi connectivity index (χ2n) is 6.84. The lowest BCUT2D eigenvalue weighted by Crippen LogP contribution is -2.27. The summed E-state index contributed by atoms with van der Waals surface area (Å²) in [5.74, 6) is 0.972. The van der Waals surface area contributed by atoms with E-state index < -0.39 is 5.95 Å². The van der Waals surface area contributed by atoms with Gasteiger partial charge in [-0.3, -0.25) is 0 Å². The zero-order chi connectivity index (χ0) is 19.1. The predicted molar refractivity (Wildman–Crippen MR) is 101 cm³/mol. The van der Waals surface area contributed by atoms with Gasteiger partial charge in [-0.15, -0.1) is 0 Å². The highest BCUT2D eigenvalue weighted by Crippen LogP contribution is 2.50. The fourth-order valence-electron chi connectivity index (χ4n) is 3.29. The van der Waals surface area contributed by atoms with Gasteiger partial charge in [0.05, 0.1) is 30.6 Å². The Morgan fingerprint density at radius 3 is 2.71 bits per heavy atom. The molecule has 2 unspecified atom stereocenters. The molecule has 0 bridgehead atoms. The molecule has 3 aromatic rings. The largest absolute Gasteiger partial charge is 0.379 e. The van der Waals surface area contributed by atoms with Crippen LogP contribution in [0.4, 0.5) is 22.0 Å². The van der Waals surface area contributed by atoms with E-state index in [0.717, 1.165) is 13.0 Å². The molecule has 2 aliphatic rings. The van der Waals surface area contributed by atoms with Gasteiger partial charge in [-0.1, -0.05) is 17.7 Å². The summed E-state index contributed by atoms with van der Waals surface area (Å²) in [5, 5.41) is 6.75. The standard InChI is InChI=1S/C18H15ClFN7O/c19-13-3-1-2-12(23-13)15-24-16(22-11-4-5-14(20)21-7-11)26-17(25-15)27-18-6-10(18)8-28-9-18/h1-5,7,10H,6,8-9H2,(H2,22,24,25,26,27). The van der Waals surface area contributed by atoms with Gasteiger partial charge in [-0.05, 0) is 30.7 Å². The number of rotatable bonds is 5. The maximum absolute atomic E-state index is 13.1. The number of anilines is 3. The van der Waals surface area contributed by atoms with Gasteiger partial charge in [0.25, 0.3) is 0 Å². The van der Waals surface area contributed by atoms with E-state index in [1.807, 2.05) is 0 Å². The second-order valence-corrected chi connectivity index (χ2v) is 7.23. The van der Waals surface area contributed by atoms with Crippen molar-refractivity contribution >= 4 is 29.2 Å². The zero-order valence-electron chi connectivity index (χ0n) is 14.6. The summed E-state index contributed by atoms with van der Waals surface area (Å²) in [4.78, 5) is 21.3. The van der Waals surface area contributed by atoms with Gasteiger partial charge < -0.3 is 15.4 Å². The third-order valence-electron chi connectivity index (χ3n) is 4.83. The fourth-order valence-corrected chi connectivity index (χ4v) is 3.45. The van der Waals surface area contributed by atoms with Crippen molar-refractivity contribution in [2.75, 3.05) is 23.8 Å². The molecule has 3 aromatic heterocycles. The van der Waals surface area contributed by atoms with Crippen molar-refractivity contribution in [2.45, 2.75) is 12.0 Å². The minimum Gasteiger partial charge on any atom is -0.379 e. The van der Waals surface area contributed by atoms with Crippen LogP contribution in [0.5, 0.6) is 0 Å². The fraction of sp³-hybridized carbons (Fsp3) is 0.278. The molecule has 1 saturated carbocycles. The summed E-state index contributed by atoms with van der Waals surface area (Å²) >= 11 is 6.01. The van der Waals surface area contributed by atoms with E-state index >= 15 is 0 Å². The van der Waals surface area contributed by atoms with Crippen LogP contribution < -0.4 is 10.6 Å². The molecule has 4 heterocycles. The van der Waals surface area contributed by atoms with Gasteiger partial charge in [0.2, 0.25) is 17.8 Å². The van der Waals surface area contributed by atoms with Gasteiger partial charge >= 0.3 is 0 Å². The summed E-state index contributed by atoms with van der Waals surface area (Å²) in [6.45, 7) is 1.37. The Labute approximate surface area is 164 Å². The Kier molecular flexibility index (Phi) is 4.06. The lowest BCUT2D eigenvalue weighted by molar-refractivity contribution is 0.163. The van der Waals surface area contributed by atoms with Crippen molar-refractivity contribution in [2.24, 2.45) is 5.92 Å². The molecule has 1 saturated heterocycles. The number of ether oxygens (including phenoxy) is 1. The molecule has 5 rings (SSSR count). The van der Waals surface area contributed by atoms with Crippen LogP contribution in [-0.4, -0.2) is 43.7 Å². The maximum atomic E-state index is 13.1. The Hall–Kier alpha value is -2.91. The topological polar surface area (TPSA) is 97.7 Å². The van der Waals surface area contributed by atoms with Crippen LogP contribution in [0.15, 0.2) is 36.5 Å². The SMILES string of the molecule is Fc1ccc(Nc2nc(NC34COCC3C4)nc(-c3cccc(Cl)n3)n2)cn1. The number of pyridine rings is 2. The maximum Gasteiger partial charge on any atom is 0.232 e. The summed E-state index contributed by atoms with van der Waals surface area (Å²) in [5.41, 5.74) is 0.954. The molecule has 1 aliphatic carbocycles. The molecule has 142 valence electrons. The third-order valence-corrected chi connectivity index (χ3v) is 5.05. The Morgan fingerprint density at radius 1 is 1.11 bits per heavy atom. The van der Waals surface area contributed by atoms with E-state index in [1.54, 1.807) is 24.3 Å². The van der Waals surface area contributed by atoms with Gasteiger partial charge in [0, 0.05) is 5.92 Å². The summed E-state index contributed by atoms with van der Waals surface area (Å²) in [6.07, 6.45) is 2.39. The van der Waals surface area contributed by atoms with Crippen molar-refractivity contribution in [1.29, 1.82) is 0 Å². The Morgan fingerprint density at radius 2 is 2.00 bits per heavy atom. The van der Waals surface area contributed by atoms with Gasteiger partial charge in [-0.2, -0.15) is 19.3 Å². The van der Waals surface area contributed by atoms with Gasteiger partial charge in [-0.25, -0.2) is 9.97 Å². The normalized spacial score (nSPS) is 22.6. The van der Waals surface area contributed by atoms with Crippen LogP contribution >= 0.6 is 11.6 Å². The predicted octanol–water partition coefficient (Wildman–Crippen LogP) is 3.07. The quantitative estimate of drug-likeness (QED) is 0.632. The van der Waals surface area contributed by atoms with Crippen molar-refractivity contribution in [3.8, 4) is 11.5 Å². The first kappa shape index (κ1) is 17.2. The van der Waals surface area contributed by atoms with Crippen LogP contribution in [0.1, 0.15) is 6.42 Å². The minimum atomic E-state index is -0.563. The number of fused-ring (bicyclic) bond motifs is 1. The Bertz CT molecular complexity index is 1030. The van der Waals surface area contributed by atoms with E-state index in [0.29, 0.717) is 40.8 Å². The molecular formula is C18H15ClFN7O. The smallest absolute Gasteiger partial charge is 0.232 e. The summed E-state index contributed by atoms with van der Waals surface area (Å²) in [7, 11) is 0. The molecule has 1 aliphatic heterocycles. The average molecular weight is 400 g/mol. The number of hydrogen-bond donors (Lipinski definition) is 2. The van der Waals surface area contributed by atoms with Crippen LogP contribution in [-0.2, 0) is 4.74 Å². The number of aromatic nitrogens is 5. The monoisotopic (exact) mass is 399 g/mol.